The predicted molar refractivity (Wildman–Crippen MR) is 191 cm³/mol. The maximum absolute atomic E-state index is 5.19. The van der Waals surface area contributed by atoms with Crippen LogP contribution in [-0.2, 0) is 0 Å². The number of hydrogen-bond donors (Lipinski definition) is 0. The highest BCUT2D eigenvalue weighted by atomic mass is 14.9. The highest BCUT2D eigenvalue weighted by molar-refractivity contribution is 5.97. The van der Waals surface area contributed by atoms with Crippen LogP contribution in [0.4, 0.5) is 0 Å². The fraction of sp³-hybridized carbons (Fsp3) is 0.0465. The minimum Gasteiger partial charge on any atom is -0.264 e. The molecule has 0 saturated heterocycles. The summed E-state index contributed by atoms with van der Waals surface area (Å²) in [5.74, 6) is 0.723. The Kier molecular flexibility index (Phi) is 7.33. The van der Waals surface area contributed by atoms with Gasteiger partial charge in [-0.05, 0) is 86.9 Å². The molecule has 2 heterocycles. The van der Waals surface area contributed by atoms with Crippen LogP contribution in [0.5, 0.6) is 0 Å². The first-order valence-electron chi connectivity index (χ1n) is 15.7. The number of benzene rings is 5. The van der Waals surface area contributed by atoms with Gasteiger partial charge in [0.05, 0.1) is 11.4 Å². The Balaban J connectivity index is 1.23. The molecule has 2 aromatic heterocycles. The zero-order valence-electron chi connectivity index (χ0n) is 25.3. The van der Waals surface area contributed by atoms with Gasteiger partial charge in [0.25, 0.3) is 0 Å². The van der Waals surface area contributed by atoms with Crippen molar-refractivity contribution in [2.75, 3.05) is 0 Å². The minimum absolute atomic E-state index is 0.723. The van der Waals surface area contributed by atoms with Gasteiger partial charge >= 0.3 is 0 Å². The van der Waals surface area contributed by atoms with E-state index in [9.17, 15) is 0 Å². The number of allylic oxidation sites excluding steroid dienone is 4. The molecule has 218 valence electrons. The van der Waals surface area contributed by atoms with E-state index >= 15 is 0 Å². The molecular formula is C43H31N3. The van der Waals surface area contributed by atoms with Crippen molar-refractivity contribution in [2.24, 2.45) is 0 Å². The van der Waals surface area contributed by atoms with Gasteiger partial charge < -0.3 is 0 Å². The SMILES string of the molecule is C1=C(c2cccnc2)C=C(c2cc(-c3cccc(-c4ccccc4)c3)nc(-c3ccc(-c4cccc5ccccc45)cc3)n2)CC1. The molecule has 5 aromatic carbocycles. The molecule has 0 radical (unpaired) electrons. The number of rotatable bonds is 6. The van der Waals surface area contributed by atoms with Crippen LogP contribution in [-0.4, -0.2) is 15.0 Å². The van der Waals surface area contributed by atoms with Gasteiger partial charge in [0.2, 0.25) is 0 Å². The standard InChI is InChI=1S/C43H31N3/c1-2-10-30(11-3-1)34-14-6-16-36(26-34)41-28-42(37-17-7-15-35(27-37)38-18-9-25-44-29-38)46-43(45-41)33-23-21-32(22-24-33)40-20-8-13-31-12-4-5-19-39(31)40/h1-6,8-16,18-29H,7,17H2. The Morgan fingerprint density at radius 2 is 1.22 bits per heavy atom. The molecule has 0 fully saturated rings. The van der Waals surface area contributed by atoms with E-state index in [1.165, 1.54) is 38.6 Å². The second kappa shape index (κ2) is 12.2. The summed E-state index contributed by atoms with van der Waals surface area (Å²) in [6.07, 6.45) is 10.2. The maximum atomic E-state index is 5.19. The van der Waals surface area contributed by atoms with Gasteiger partial charge in [-0.25, -0.2) is 9.97 Å². The highest BCUT2D eigenvalue weighted by Crippen LogP contribution is 2.35. The van der Waals surface area contributed by atoms with Crippen molar-refractivity contribution in [3.8, 4) is 44.9 Å². The molecule has 0 amide bonds. The molecule has 0 atom stereocenters. The molecule has 0 saturated carbocycles. The quantitative estimate of drug-likeness (QED) is 0.194. The second-order valence-electron chi connectivity index (χ2n) is 11.6. The molecule has 7 aromatic rings. The van der Waals surface area contributed by atoms with E-state index in [2.05, 4.69) is 145 Å². The van der Waals surface area contributed by atoms with Crippen LogP contribution >= 0.6 is 0 Å². The fourth-order valence-electron chi connectivity index (χ4n) is 6.29. The molecule has 0 N–H and O–H groups in total. The topological polar surface area (TPSA) is 38.7 Å². The zero-order valence-corrected chi connectivity index (χ0v) is 25.3. The molecule has 8 rings (SSSR count). The van der Waals surface area contributed by atoms with Crippen molar-refractivity contribution < 1.29 is 0 Å². The number of nitrogens with zero attached hydrogens (tertiary/aromatic N) is 3. The fourth-order valence-corrected chi connectivity index (χ4v) is 6.29. The number of aromatic nitrogens is 3. The van der Waals surface area contributed by atoms with Crippen molar-refractivity contribution in [1.29, 1.82) is 0 Å². The van der Waals surface area contributed by atoms with E-state index in [1.807, 2.05) is 24.5 Å². The Hall–Kier alpha value is -5.93. The van der Waals surface area contributed by atoms with Gasteiger partial charge in [0.1, 0.15) is 0 Å². The summed E-state index contributed by atoms with van der Waals surface area (Å²) in [5, 5.41) is 2.49. The Morgan fingerprint density at radius 3 is 2.09 bits per heavy atom. The van der Waals surface area contributed by atoms with Crippen molar-refractivity contribution >= 4 is 21.9 Å². The van der Waals surface area contributed by atoms with Crippen molar-refractivity contribution in [3.63, 3.8) is 0 Å². The third kappa shape index (κ3) is 5.55. The van der Waals surface area contributed by atoms with Gasteiger partial charge in [0.15, 0.2) is 5.82 Å². The monoisotopic (exact) mass is 589 g/mol. The molecular weight excluding hydrogens is 558 g/mol. The van der Waals surface area contributed by atoms with Crippen LogP contribution in [0.2, 0.25) is 0 Å². The van der Waals surface area contributed by atoms with Gasteiger partial charge in [-0.2, -0.15) is 0 Å². The number of pyridine rings is 1. The highest BCUT2D eigenvalue weighted by Gasteiger charge is 2.16. The van der Waals surface area contributed by atoms with Crippen LogP contribution in [0.25, 0.3) is 66.8 Å². The van der Waals surface area contributed by atoms with Crippen LogP contribution in [0.15, 0.2) is 164 Å². The van der Waals surface area contributed by atoms with Gasteiger partial charge in [-0.15, -0.1) is 0 Å². The molecule has 0 bridgehead atoms. The third-order valence-corrected chi connectivity index (χ3v) is 8.67. The molecule has 0 spiro atoms. The van der Waals surface area contributed by atoms with E-state index in [-0.39, 0.29) is 0 Å². The number of fused-ring (bicyclic) bond motifs is 1. The van der Waals surface area contributed by atoms with Crippen LogP contribution in [0, 0.1) is 0 Å². The summed E-state index contributed by atoms with van der Waals surface area (Å²) < 4.78 is 0. The summed E-state index contributed by atoms with van der Waals surface area (Å²) in [6.45, 7) is 0. The molecule has 1 aliphatic rings. The molecule has 0 unspecified atom stereocenters. The maximum Gasteiger partial charge on any atom is 0.160 e. The smallest absolute Gasteiger partial charge is 0.160 e. The van der Waals surface area contributed by atoms with E-state index in [1.54, 1.807) is 0 Å². The Bertz CT molecular complexity index is 2230. The third-order valence-electron chi connectivity index (χ3n) is 8.67. The van der Waals surface area contributed by atoms with Gasteiger partial charge in [0, 0.05) is 23.5 Å². The Labute approximate surface area is 269 Å². The van der Waals surface area contributed by atoms with E-state index in [0.29, 0.717) is 0 Å². The summed E-state index contributed by atoms with van der Waals surface area (Å²) in [7, 11) is 0. The molecule has 3 heteroatoms. The lowest BCUT2D eigenvalue weighted by atomic mass is 9.92. The van der Waals surface area contributed by atoms with Crippen LogP contribution in [0.3, 0.4) is 0 Å². The first kappa shape index (κ1) is 27.6. The first-order valence-corrected chi connectivity index (χ1v) is 15.7. The first-order chi connectivity index (χ1) is 22.8. The normalized spacial score (nSPS) is 12.9. The average molecular weight is 590 g/mol. The molecule has 3 nitrogen and oxygen atoms in total. The molecule has 0 aliphatic heterocycles. The average Bonchev–Trinajstić information content (AvgIpc) is 3.15. The molecule has 1 aliphatic carbocycles. The van der Waals surface area contributed by atoms with Crippen molar-refractivity contribution in [2.45, 2.75) is 12.8 Å². The minimum atomic E-state index is 0.723. The van der Waals surface area contributed by atoms with E-state index in [4.69, 9.17) is 9.97 Å². The van der Waals surface area contributed by atoms with Crippen molar-refractivity contribution in [1.82, 2.24) is 15.0 Å². The second-order valence-corrected chi connectivity index (χ2v) is 11.6. The molecule has 46 heavy (non-hydrogen) atoms. The Morgan fingerprint density at radius 1 is 0.500 bits per heavy atom. The van der Waals surface area contributed by atoms with Gasteiger partial charge in [-0.3, -0.25) is 4.98 Å². The van der Waals surface area contributed by atoms with Crippen molar-refractivity contribution in [3.05, 3.63) is 175 Å². The van der Waals surface area contributed by atoms with E-state index in [0.717, 1.165) is 52.3 Å². The summed E-state index contributed by atoms with van der Waals surface area (Å²) in [5.41, 5.74) is 12.2. The summed E-state index contributed by atoms with van der Waals surface area (Å²) >= 11 is 0. The van der Waals surface area contributed by atoms with Gasteiger partial charge in [-0.1, -0.05) is 127 Å². The predicted octanol–water partition coefficient (Wildman–Crippen LogP) is 11.0. The van der Waals surface area contributed by atoms with Crippen LogP contribution in [0.1, 0.15) is 24.1 Å². The number of hydrogen-bond acceptors (Lipinski definition) is 3. The van der Waals surface area contributed by atoms with Crippen LogP contribution < -0.4 is 0 Å². The largest absolute Gasteiger partial charge is 0.264 e. The summed E-state index contributed by atoms with van der Waals surface area (Å²) in [6, 6.07) is 49.1. The zero-order chi connectivity index (χ0) is 30.7. The lowest BCUT2D eigenvalue weighted by Gasteiger charge is -2.16. The lowest BCUT2D eigenvalue weighted by Crippen LogP contribution is -2.01. The lowest BCUT2D eigenvalue weighted by molar-refractivity contribution is 1.03. The summed E-state index contributed by atoms with van der Waals surface area (Å²) in [4.78, 5) is 14.7. The van der Waals surface area contributed by atoms with E-state index < -0.39 is 0 Å².